The highest BCUT2D eigenvalue weighted by Crippen LogP contribution is 2.35. The van der Waals surface area contributed by atoms with Gasteiger partial charge in [-0.25, -0.2) is 8.78 Å². The van der Waals surface area contributed by atoms with Crippen LogP contribution in [0.3, 0.4) is 0 Å². The summed E-state index contributed by atoms with van der Waals surface area (Å²) in [5.41, 5.74) is 6.60. The van der Waals surface area contributed by atoms with Gasteiger partial charge in [-0.15, -0.1) is 0 Å². The molecule has 0 aliphatic carbocycles. The Morgan fingerprint density at radius 3 is 2.50 bits per heavy atom. The number of aryl methyl sites for hydroxylation is 1. The largest absolute Gasteiger partial charge is 0.390 e. The Morgan fingerprint density at radius 2 is 1.79 bits per heavy atom. The number of rotatable bonds is 3. The Balaban J connectivity index is 1.97. The number of fused-ring (bicyclic) bond motifs is 1. The van der Waals surface area contributed by atoms with Crippen molar-refractivity contribution >= 4 is 32.3 Å². The van der Waals surface area contributed by atoms with Crippen molar-refractivity contribution in [2.45, 2.75) is 6.92 Å². The van der Waals surface area contributed by atoms with Crippen LogP contribution in [0.1, 0.15) is 21.5 Å². The van der Waals surface area contributed by atoms with Gasteiger partial charge in [-0.1, -0.05) is 23.5 Å². The summed E-state index contributed by atoms with van der Waals surface area (Å²) in [4.78, 5) is 25.9. The van der Waals surface area contributed by atoms with Gasteiger partial charge in [0, 0.05) is 17.0 Å². The van der Waals surface area contributed by atoms with Crippen LogP contribution in [0, 0.1) is 18.6 Å². The quantitative estimate of drug-likeness (QED) is 0.520. The lowest BCUT2D eigenvalue weighted by Crippen LogP contribution is -2.17. The van der Waals surface area contributed by atoms with Gasteiger partial charge in [0.2, 0.25) is 0 Å². The van der Waals surface area contributed by atoms with Crippen molar-refractivity contribution in [3.05, 3.63) is 93.3 Å². The average Bonchev–Trinajstić information content (AvgIpc) is 3.00. The molecule has 4 aromatic rings. The lowest BCUT2D eigenvalue weighted by molar-refractivity contribution is 0.104. The first-order valence-electron chi connectivity index (χ1n) is 8.38. The Kier molecular flexibility index (Phi) is 4.31. The lowest BCUT2D eigenvalue weighted by atomic mass is 10.0. The van der Waals surface area contributed by atoms with Crippen LogP contribution >= 0.6 is 11.3 Å². The molecular formula is C21H14F2N2O2S. The summed E-state index contributed by atoms with van der Waals surface area (Å²) in [6.45, 7) is 1.57. The molecule has 0 fully saturated rings. The SMILES string of the molecule is Cc1cc(C(=O)c2c(N)sc3c2ccc(=O)n3-c2ccccc2F)ccc1F. The molecule has 0 aliphatic heterocycles. The first kappa shape index (κ1) is 18.1. The summed E-state index contributed by atoms with van der Waals surface area (Å²) in [5.74, 6) is -1.36. The number of hydrogen-bond acceptors (Lipinski definition) is 4. The van der Waals surface area contributed by atoms with E-state index < -0.39 is 17.2 Å². The molecule has 0 unspecified atom stereocenters. The van der Waals surface area contributed by atoms with Crippen molar-refractivity contribution in [3.8, 4) is 5.69 Å². The number of nitrogens with zero attached hydrogens (tertiary/aromatic N) is 1. The molecule has 4 rings (SSSR count). The molecule has 0 spiro atoms. The molecule has 0 saturated heterocycles. The van der Waals surface area contributed by atoms with Crippen molar-refractivity contribution in [1.82, 2.24) is 4.57 Å². The molecular weight excluding hydrogens is 382 g/mol. The van der Waals surface area contributed by atoms with Gasteiger partial charge in [-0.3, -0.25) is 14.2 Å². The number of ketones is 1. The second-order valence-corrected chi connectivity index (χ2v) is 7.34. The molecule has 2 N–H and O–H groups in total. The number of carbonyl (C=O) groups is 1. The van der Waals surface area contributed by atoms with Crippen LogP contribution in [-0.4, -0.2) is 10.4 Å². The molecule has 4 nitrogen and oxygen atoms in total. The maximum atomic E-state index is 14.3. The van der Waals surface area contributed by atoms with E-state index >= 15 is 0 Å². The lowest BCUT2D eigenvalue weighted by Gasteiger charge is -2.08. The fraction of sp³-hybridized carbons (Fsp3) is 0.0476. The number of thiophene rings is 1. The van der Waals surface area contributed by atoms with Crippen LogP contribution in [0.4, 0.5) is 13.8 Å². The predicted molar refractivity (Wildman–Crippen MR) is 106 cm³/mol. The van der Waals surface area contributed by atoms with Crippen molar-refractivity contribution in [2.24, 2.45) is 0 Å². The first-order chi connectivity index (χ1) is 13.4. The van der Waals surface area contributed by atoms with Crippen LogP contribution in [0.25, 0.3) is 15.9 Å². The van der Waals surface area contributed by atoms with Gasteiger partial charge < -0.3 is 5.73 Å². The summed E-state index contributed by atoms with van der Waals surface area (Å²) >= 11 is 1.03. The zero-order chi connectivity index (χ0) is 20.0. The molecule has 2 aromatic carbocycles. The molecule has 2 heterocycles. The minimum absolute atomic E-state index is 0.0796. The van der Waals surface area contributed by atoms with Gasteiger partial charge >= 0.3 is 0 Å². The number of pyridine rings is 1. The highest BCUT2D eigenvalue weighted by atomic mass is 32.1. The number of aromatic nitrogens is 1. The summed E-state index contributed by atoms with van der Waals surface area (Å²) < 4.78 is 29.1. The van der Waals surface area contributed by atoms with E-state index in [1.165, 1.54) is 53.1 Å². The Bertz CT molecular complexity index is 1310. The van der Waals surface area contributed by atoms with E-state index in [-0.39, 0.29) is 27.6 Å². The monoisotopic (exact) mass is 396 g/mol. The Labute approximate surface area is 162 Å². The highest BCUT2D eigenvalue weighted by Gasteiger charge is 2.22. The maximum absolute atomic E-state index is 14.3. The van der Waals surface area contributed by atoms with Crippen molar-refractivity contribution < 1.29 is 13.6 Å². The maximum Gasteiger partial charge on any atom is 0.256 e. The first-order valence-corrected chi connectivity index (χ1v) is 9.20. The fourth-order valence-electron chi connectivity index (χ4n) is 3.13. The summed E-state index contributed by atoms with van der Waals surface area (Å²) in [6.07, 6.45) is 0. The highest BCUT2D eigenvalue weighted by molar-refractivity contribution is 7.22. The zero-order valence-corrected chi connectivity index (χ0v) is 15.5. The minimum atomic E-state index is -0.564. The van der Waals surface area contributed by atoms with E-state index in [2.05, 4.69) is 0 Å². The van der Waals surface area contributed by atoms with E-state index in [1.54, 1.807) is 13.0 Å². The van der Waals surface area contributed by atoms with E-state index in [0.29, 0.717) is 15.8 Å². The van der Waals surface area contributed by atoms with Crippen molar-refractivity contribution in [2.75, 3.05) is 5.73 Å². The molecule has 0 bridgehead atoms. The Morgan fingerprint density at radius 1 is 1.04 bits per heavy atom. The van der Waals surface area contributed by atoms with Crippen LogP contribution in [0.2, 0.25) is 0 Å². The summed E-state index contributed by atoms with van der Waals surface area (Å²) in [6, 6.07) is 12.7. The third-order valence-electron chi connectivity index (χ3n) is 4.51. The molecule has 0 amide bonds. The number of nitrogen functional groups attached to an aromatic ring is 1. The van der Waals surface area contributed by atoms with E-state index in [0.717, 1.165) is 11.3 Å². The van der Waals surface area contributed by atoms with E-state index in [9.17, 15) is 18.4 Å². The second-order valence-electron chi connectivity index (χ2n) is 6.31. The number of para-hydroxylation sites is 1. The van der Waals surface area contributed by atoms with Crippen LogP contribution in [-0.2, 0) is 0 Å². The molecule has 2 aromatic heterocycles. The van der Waals surface area contributed by atoms with Gasteiger partial charge in [0.05, 0.1) is 16.3 Å². The zero-order valence-electron chi connectivity index (χ0n) is 14.7. The van der Waals surface area contributed by atoms with Gasteiger partial charge in [0.1, 0.15) is 16.5 Å². The number of benzene rings is 2. The van der Waals surface area contributed by atoms with Crippen molar-refractivity contribution in [3.63, 3.8) is 0 Å². The average molecular weight is 396 g/mol. The third-order valence-corrected chi connectivity index (χ3v) is 5.53. The molecule has 140 valence electrons. The Hall–Kier alpha value is -3.32. The van der Waals surface area contributed by atoms with Gasteiger partial charge in [-0.2, -0.15) is 0 Å². The van der Waals surface area contributed by atoms with Gasteiger partial charge in [0.25, 0.3) is 5.56 Å². The smallest absolute Gasteiger partial charge is 0.256 e. The van der Waals surface area contributed by atoms with Gasteiger partial charge in [-0.05, 0) is 48.9 Å². The number of anilines is 1. The molecule has 0 atom stereocenters. The molecule has 0 saturated carbocycles. The van der Waals surface area contributed by atoms with Crippen LogP contribution in [0.5, 0.6) is 0 Å². The van der Waals surface area contributed by atoms with E-state index in [1.807, 2.05) is 0 Å². The molecule has 0 radical (unpaired) electrons. The topological polar surface area (TPSA) is 65.1 Å². The molecule has 0 aliphatic rings. The van der Waals surface area contributed by atoms with Crippen molar-refractivity contribution in [1.29, 1.82) is 0 Å². The summed E-state index contributed by atoms with van der Waals surface area (Å²) in [5, 5.41) is 0.648. The second kappa shape index (κ2) is 6.69. The third kappa shape index (κ3) is 2.80. The predicted octanol–water partition coefficient (Wildman–Crippen LogP) is 4.45. The van der Waals surface area contributed by atoms with E-state index in [4.69, 9.17) is 5.73 Å². The fourth-order valence-corrected chi connectivity index (χ4v) is 4.20. The number of hydrogen-bond donors (Lipinski definition) is 1. The van der Waals surface area contributed by atoms with Crippen LogP contribution in [0.15, 0.2) is 59.4 Å². The van der Waals surface area contributed by atoms with Gasteiger partial charge in [0.15, 0.2) is 5.78 Å². The normalized spacial score (nSPS) is 11.1. The molecule has 28 heavy (non-hydrogen) atoms. The standard InChI is InChI=1S/C21H14F2N2O2S/c1-11-10-12(6-8-14(11)22)19(27)18-13-7-9-17(26)25(21(13)28-20(18)24)16-5-3-2-4-15(16)23/h2-10H,24H2,1H3. The minimum Gasteiger partial charge on any atom is -0.390 e. The number of carbonyl (C=O) groups excluding carboxylic acids is 1. The van der Waals surface area contributed by atoms with Crippen LogP contribution < -0.4 is 11.3 Å². The number of nitrogens with two attached hydrogens (primary N) is 1. The number of halogens is 2. The summed E-state index contributed by atoms with van der Waals surface area (Å²) in [7, 11) is 0. The molecule has 7 heteroatoms.